The minimum Gasteiger partial charge on any atom is -0.298 e. The van der Waals surface area contributed by atoms with Crippen LogP contribution in [0.15, 0.2) is 0 Å². The summed E-state index contributed by atoms with van der Waals surface area (Å²) in [5, 5.41) is 0. The molecule has 0 amide bonds. The van der Waals surface area contributed by atoms with E-state index >= 15 is 0 Å². The molecule has 0 aromatic rings. The summed E-state index contributed by atoms with van der Waals surface area (Å²) in [4.78, 5) is 19.1. The Hall–Kier alpha value is -0.280. The Kier molecular flexibility index (Phi) is 30.0. The van der Waals surface area contributed by atoms with Crippen molar-refractivity contribution < 1.29 is 0 Å². The molecule has 7 heteroatoms. The van der Waals surface area contributed by atoms with Gasteiger partial charge in [-0.2, -0.15) is 0 Å². The molecule has 0 spiro atoms. The van der Waals surface area contributed by atoms with E-state index in [0.717, 1.165) is 101 Å². The van der Waals surface area contributed by atoms with Gasteiger partial charge < -0.3 is 0 Å². The Labute approximate surface area is 632 Å². The lowest BCUT2D eigenvalue weighted by Gasteiger charge is -2.51. The first-order valence-corrected chi connectivity index (χ1v) is 45.4. The molecular formula is C94H179N7. The van der Waals surface area contributed by atoms with Crippen molar-refractivity contribution in [3.63, 3.8) is 0 Å². The Balaban J connectivity index is 0.000000135. The second-order valence-electron chi connectivity index (χ2n) is 46.3. The molecule has 101 heavy (non-hydrogen) atoms. The molecule has 8 saturated carbocycles. The van der Waals surface area contributed by atoms with Crippen LogP contribution in [0.4, 0.5) is 0 Å². The van der Waals surface area contributed by atoms with E-state index in [-0.39, 0.29) is 0 Å². The highest BCUT2D eigenvalue weighted by Gasteiger charge is 2.47. The van der Waals surface area contributed by atoms with E-state index < -0.39 is 0 Å². The molecule has 0 aromatic carbocycles. The van der Waals surface area contributed by atoms with Crippen LogP contribution in [0.1, 0.15) is 404 Å². The lowest BCUT2D eigenvalue weighted by molar-refractivity contribution is -0.0163. The molecule has 590 valence electrons. The minimum atomic E-state index is 0.386. The van der Waals surface area contributed by atoms with Gasteiger partial charge in [0, 0.05) is 108 Å². The topological polar surface area (TPSA) is 22.7 Å². The molecule has 0 aromatic heterocycles. The average molecular weight is 1410 g/mol. The third kappa shape index (κ3) is 24.6. The molecule has 0 N–H and O–H groups in total. The smallest absolute Gasteiger partial charge is 0.0130 e. The molecule has 18 rings (SSSR count). The molecule has 10 saturated heterocycles. The summed E-state index contributed by atoms with van der Waals surface area (Å²) in [5.41, 5.74) is 3.37. The second-order valence-corrected chi connectivity index (χ2v) is 46.3. The molecule has 12 atom stereocenters. The predicted octanol–water partition coefficient (Wildman–Crippen LogP) is 24.3. The first kappa shape index (κ1) is 84.7. The maximum absolute atomic E-state index is 2.77. The largest absolute Gasteiger partial charge is 0.298 e. The normalized spacial score (nSPS) is 37.1. The van der Waals surface area contributed by atoms with Crippen LogP contribution in [-0.2, 0) is 0 Å². The molecule has 12 unspecified atom stereocenters. The Morgan fingerprint density at radius 2 is 0.515 bits per heavy atom. The molecule has 7 nitrogen and oxygen atoms in total. The van der Waals surface area contributed by atoms with Gasteiger partial charge >= 0.3 is 0 Å². The van der Waals surface area contributed by atoms with Gasteiger partial charge in [0.25, 0.3) is 0 Å². The lowest BCUT2D eigenvalue weighted by atomic mass is 9.66. The summed E-state index contributed by atoms with van der Waals surface area (Å²) >= 11 is 0. The SMILES string of the molecule is CC(C)(C)C1C2CCCC1CC2.CC(C)(C)N1C2CCCC1CC2.CC(C)(C)N1CC2CCC1C2.CC(C)(C)N1CC2CCC1CC2.CC(C)(C)N1CC2CCCC(CC2)C1.CC(C)(C)N1CCC2CCC1CC2.CC(C)(C)N1CCC2CCCC(C2)C1.CC(C)(C)N1CCC2CCCC1C2. The number of nitrogens with zero attached hydrogens (tertiary/aromatic N) is 7. The van der Waals surface area contributed by atoms with Gasteiger partial charge in [0.05, 0.1) is 0 Å². The van der Waals surface area contributed by atoms with E-state index in [2.05, 4.69) is 200 Å². The molecule has 10 aliphatic heterocycles. The summed E-state index contributed by atoms with van der Waals surface area (Å²) in [6.07, 6.45) is 55.0. The highest BCUT2D eigenvalue weighted by molar-refractivity contribution is 5.01. The third-order valence-corrected chi connectivity index (χ3v) is 30.4. The number of fused-ring (bicyclic) bond motifs is 20. The minimum absolute atomic E-state index is 0.386. The number of hydrogen-bond donors (Lipinski definition) is 0. The van der Waals surface area contributed by atoms with Crippen LogP contribution >= 0.6 is 0 Å². The molecule has 18 aliphatic rings. The van der Waals surface area contributed by atoms with E-state index in [9.17, 15) is 0 Å². The van der Waals surface area contributed by atoms with Gasteiger partial charge in [-0.25, -0.2) is 0 Å². The summed E-state index contributed by atoms with van der Waals surface area (Å²) < 4.78 is 0. The maximum Gasteiger partial charge on any atom is 0.0130 e. The molecule has 10 heterocycles. The zero-order chi connectivity index (χ0) is 73.7. The zero-order valence-electron chi connectivity index (χ0n) is 72.8. The quantitative estimate of drug-likeness (QED) is 0.238. The van der Waals surface area contributed by atoms with Crippen LogP contribution in [0, 0.1) is 70.5 Å². The number of piperidine rings is 5. The highest BCUT2D eigenvalue weighted by Crippen LogP contribution is 2.54. The Morgan fingerprint density at radius 3 is 0.941 bits per heavy atom. The van der Waals surface area contributed by atoms with Crippen molar-refractivity contribution in [2.45, 2.75) is 479 Å². The van der Waals surface area contributed by atoms with Gasteiger partial charge in [0.1, 0.15) is 0 Å². The summed E-state index contributed by atoms with van der Waals surface area (Å²) in [7, 11) is 0. The van der Waals surface area contributed by atoms with E-state index in [1.54, 1.807) is 0 Å². The van der Waals surface area contributed by atoms with Crippen molar-refractivity contribution in [3.05, 3.63) is 0 Å². The third-order valence-electron chi connectivity index (χ3n) is 30.4. The number of likely N-dealkylation sites (tertiary alicyclic amines) is 4. The van der Waals surface area contributed by atoms with Crippen LogP contribution < -0.4 is 0 Å². The molecular weight excluding hydrogens is 1230 g/mol. The summed E-state index contributed by atoms with van der Waals surface area (Å²) in [6.45, 7) is 67.7. The van der Waals surface area contributed by atoms with Gasteiger partial charge in [0.2, 0.25) is 0 Å². The van der Waals surface area contributed by atoms with E-state index in [4.69, 9.17) is 0 Å². The van der Waals surface area contributed by atoms with Crippen LogP contribution in [0.5, 0.6) is 0 Å². The average Bonchev–Trinajstić information content (AvgIpc) is 1.61. The van der Waals surface area contributed by atoms with E-state index in [0.29, 0.717) is 44.2 Å². The zero-order valence-corrected chi connectivity index (χ0v) is 72.8. The molecule has 0 radical (unpaired) electrons. The Morgan fingerprint density at radius 1 is 0.198 bits per heavy atom. The number of rotatable bonds is 0. The van der Waals surface area contributed by atoms with Gasteiger partial charge in [-0.15, -0.1) is 0 Å². The molecule has 18 fully saturated rings. The van der Waals surface area contributed by atoms with Crippen molar-refractivity contribution in [2.24, 2.45) is 70.5 Å². The fourth-order valence-corrected chi connectivity index (χ4v) is 25.3. The van der Waals surface area contributed by atoms with Gasteiger partial charge in [-0.1, -0.05) is 78.6 Å². The fourth-order valence-electron chi connectivity index (χ4n) is 25.3. The summed E-state index contributed by atoms with van der Waals surface area (Å²) in [5.74, 6) is 11.5. The van der Waals surface area contributed by atoms with Crippen molar-refractivity contribution in [1.29, 1.82) is 0 Å². The van der Waals surface area contributed by atoms with Crippen molar-refractivity contribution >= 4 is 0 Å². The van der Waals surface area contributed by atoms with Crippen LogP contribution in [0.25, 0.3) is 0 Å². The monoisotopic (exact) mass is 1410 g/mol. The first-order valence-electron chi connectivity index (χ1n) is 45.4. The lowest BCUT2D eigenvalue weighted by Crippen LogP contribution is -2.56. The predicted molar refractivity (Wildman–Crippen MR) is 441 cm³/mol. The van der Waals surface area contributed by atoms with Crippen molar-refractivity contribution in [2.75, 3.05) is 52.4 Å². The van der Waals surface area contributed by atoms with Crippen molar-refractivity contribution in [3.8, 4) is 0 Å². The van der Waals surface area contributed by atoms with E-state index in [1.807, 2.05) is 0 Å². The summed E-state index contributed by atoms with van der Waals surface area (Å²) in [6, 6.07) is 5.49. The number of hydrogen-bond acceptors (Lipinski definition) is 7. The van der Waals surface area contributed by atoms with E-state index in [1.165, 1.54) is 290 Å². The molecule has 16 bridgehead atoms. The Bertz CT molecular complexity index is 2290. The second kappa shape index (κ2) is 35.8. The van der Waals surface area contributed by atoms with Crippen LogP contribution in [0.3, 0.4) is 0 Å². The van der Waals surface area contributed by atoms with Gasteiger partial charge in [0.15, 0.2) is 0 Å². The van der Waals surface area contributed by atoms with Gasteiger partial charge in [-0.05, 0) is 415 Å². The molecule has 8 aliphatic carbocycles. The first-order chi connectivity index (χ1) is 47.1. The standard InChI is InChI=1S/2C13H25N.2C12H23N.C12H22.2C11H21N.C10H19N/c1-13(2,3)14-8-7-11-5-4-6-12(9-11)10-14;1-13(2,3)14-9-11-5-4-6-12(10-14)8-7-11;1-12(2,3)13-9-8-10-4-6-11(13)7-5-10;1-12(2,3)13-8-7-10-5-4-6-11(13)9-10;1-12(2,3)11-9-5-4-6-10(11)8-7-9;1-11(2,3)12-8-9-4-6-10(12)7-5-9;1-11(2,3)12-9-5-4-6-10(12)8-7-9;1-10(2,3)11-7-8-4-5-9(11)6-8/h2*11-12H,4-10H2,1-3H3;2*10-11H,4-9H2,1-3H3;9-11H,4-8H2,1-3H3;2*9-10H,4-8H2,1-3H3;8-9H,4-7H2,1-3H3. The van der Waals surface area contributed by atoms with Gasteiger partial charge in [-0.3, -0.25) is 34.3 Å². The fraction of sp³-hybridized carbons (Fsp3) is 1.00. The van der Waals surface area contributed by atoms with Crippen molar-refractivity contribution in [1.82, 2.24) is 34.3 Å². The van der Waals surface area contributed by atoms with Crippen LogP contribution in [0.2, 0.25) is 0 Å². The highest BCUT2D eigenvalue weighted by atomic mass is 15.3. The maximum atomic E-state index is 2.77. The van der Waals surface area contributed by atoms with Crippen LogP contribution in [-0.4, -0.2) is 162 Å².